The van der Waals surface area contributed by atoms with Crippen molar-refractivity contribution in [3.05, 3.63) is 53.3 Å². The van der Waals surface area contributed by atoms with Gasteiger partial charge in [0.2, 0.25) is 0 Å². The molecule has 0 saturated carbocycles. The highest BCUT2D eigenvalue weighted by atomic mass is 32.1. The second-order valence-corrected chi connectivity index (χ2v) is 5.39. The van der Waals surface area contributed by atoms with Crippen molar-refractivity contribution in [1.29, 1.82) is 0 Å². The van der Waals surface area contributed by atoms with E-state index in [9.17, 15) is 4.79 Å². The average Bonchev–Trinajstić information content (AvgIpc) is 3.09. The number of nitrogens with one attached hydrogen (secondary N) is 1. The molecule has 4 rings (SSSR count). The molecule has 3 aromatic rings. The zero-order chi connectivity index (χ0) is 14.9. The first-order valence-electron chi connectivity index (χ1n) is 6.60. The predicted molar refractivity (Wildman–Crippen MR) is 81.9 cm³/mol. The first-order valence-corrected chi connectivity index (χ1v) is 7.43. The number of hydrogen-bond donors (Lipinski definition) is 1. The van der Waals surface area contributed by atoms with Gasteiger partial charge in [-0.05, 0) is 35.3 Å². The molecule has 0 saturated heterocycles. The summed E-state index contributed by atoms with van der Waals surface area (Å²) in [6.07, 6.45) is 3.57. The largest absolute Gasteiger partial charge is 0.488 e. The third-order valence-corrected chi connectivity index (χ3v) is 3.91. The first kappa shape index (κ1) is 12.9. The molecule has 0 fully saturated rings. The van der Waals surface area contributed by atoms with Crippen LogP contribution >= 0.6 is 11.5 Å². The maximum absolute atomic E-state index is 12.0. The van der Waals surface area contributed by atoms with Gasteiger partial charge in [-0.15, -0.1) is 5.10 Å². The van der Waals surface area contributed by atoms with Crippen LogP contribution in [0.1, 0.15) is 16.1 Å². The lowest BCUT2D eigenvalue weighted by molar-refractivity contribution is 0.102. The summed E-state index contributed by atoms with van der Waals surface area (Å²) in [4.78, 5) is 16.1. The maximum Gasteiger partial charge on any atom is 0.277 e. The fourth-order valence-corrected chi connectivity index (χ4v) is 2.80. The van der Waals surface area contributed by atoms with E-state index in [1.54, 1.807) is 11.6 Å². The van der Waals surface area contributed by atoms with Gasteiger partial charge in [0.05, 0.1) is 0 Å². The van der Waals surface area contributed by atoms with Crippen LogP contribution in [0.3, 0.4) is 0 Å². The molecule has 108 valence electrons. The lowest BCUT2D eigenvalue weighted by Crippen LogP contribution is -2.13. The minimum Gasteiger partial charge on any atom is -0.488 e. The zero-order valence-corrected chi connectivity index (χ0v) is 12.1. The summed E-state index contributed by atoms with van der Waals surface area (Å²) >= 11 is 1.14. The molecule has 1 N–H and O–H groups in total. The van der Waals surface area contributed by atoms with Gasteiger partial charge in [-0.25, -0.2) is 0 Å². The molecule has 1 aliphatic heterocycles. The standard InChI is InChI=1S/C15H10N4O2S/c20-15(13-8-22-19-18-13)17-10-1-2-12-11-3-4-16-6-9(11)7-21-14(12)5-10/h1-6,8H,7H2,(H,17,20). The smallest absolute Gasteiger partial charge is 0.277 e. The van der Waals surface area contributed by atoms with Gasteiger partial charge >= 0.3 is 0 Å². The van der Waals surface area contributed by atoms with Crippen molar-refractivity contribution < 1.29 is 9.53 Å². The number of anilines is 1. The van der Waals surface area contributed by atoms with E-state index in [0.29, 0.717) is 18.0 Å². The van der Waals surface area contributed by atoms with Crippen molar-refractivity contribution in [2.24, 2.45) is 0 Å². The molecular formula is C15H10N4O2S. The molecule has 3 heterocycles. The number of carbonyl (C=O) groups excluding carboxylic acids is 1. The topological polar surface area (TPSA) is 77.0 Å². The van der Waals surface area contributed by atoms with Gasteiger partial charge in [-0.2, -0.15) is 0 Å². The number of nitrogens with zero attached hydrogens (tertiary/aromatic N) is 3. The van der Waals surface area contributed by atoms with E-state index in [-0.39, 0.29) is 5.91 Å². The van der Waals surface area contributed by atoms with Gasteiger partial charge in [0.15, 0.2) is 5.69 Å². The van der Waals surface area contributed by atoms with Crippen molar-refractivity contribution in [3.63, 3.8) is 0 Å². The van der Waals surface area contributed by atoms with Crippen LogP contribution in [0.25, 0.3) is 11.1 Å². The van der Waals surface area contributed by atoms with Gasteiger partial charge in [-0.1, -0.05) is 4.49 Å². The van der Waals surface area contributed by atoms with Crippen molar-refractivity contribution in [2.75, 3.05) is 5.32 Å². The second-order valence-electron chi connectivity index (χ2n) is 4.78. The zero-order valence-electron chi connectivity index (χ0n) is 11.3. The van der Waals surface area contributed by atoms with Gasteiger partial charge < -0.3 is 10.1 Å². The highest BCUT2D eigenvalue weighted by molar-refractivity contribution is 7.03. The number of aromatic nitrogens is 3. The Morgan fingerprint density at radius 1 is 1.27 bits per heavy atom. The Balaban J connectivity index is 1.65. The SMILES string of the molecule is O=C(Nc1ccc2c(c1)OCc1cnccc1-2)c1csnn1. The molecule has 0 bridgehead atoms. The van der Waals surface area contributed by atoms with Crippen LogP contribution in [0.4, 0.5) is 5.69 Å². The summed E-state index contributed by atoms with van der Waals surface area (Å²) in [5, 5.41) is 8.14. The van der Waals surface area contributed by atoms with Crippen LogP contribution < -0.4 is 10.1 Å². The summed E-state index contributed by atoms with van der Waals surface area (Å²) in [5.74, 6) is 0.460. The van der Waals surface area contributed by atoms with E-state index >= 15 is 0 Å². The molecule has 0 unspecified atom stereocenters. The van der Waals surface area contributed by atoms with Gasteiger partial charge in [-0.3, -0.25) is 9.78 Å². The Hall–Kier alpha value is -2.80. The van der Waals surface area contributed by atoms with Gasteiger partial charge in [0, 0.05) is 40.7 Å². The van der Waals surface area contributed by atoms with E-state index in [4.69, 9.17) is 4.74 Å². The van der Waals surface area contributed by atoms with Crippen LogP contribution in [-0.2, 0) is 6.61 Å². The van der Waals surface area contributed by atoms with Crippen LogP contribution in [0.15, 0.2) is 42.0 Å². The van der Waals surface area contributed by atoms with Crippen LogP contribution in [0.2, 0.25) is 0 Å². The van der Waals surface area contributed by atoms with Crippen LogP contribution in [0.5, 0.6) is 5.75 Å². The minimum atomic E-state index is -0.283. The monoisotopic (exact) mass is 310 g/mol. The predicted octanol–water partition coefficient (Wildman–Crippen LogP) is 2.74. The fraction of sp³-hybridized carbons (Fsp3) is 0.0667. The van der Waals surface area contributed by atoms with E-state index in [0.717, 1.165) is 34.0 Å². The van der Waals surface area contributed by atoms with Gasteiger partial charge in [0.1, 0.15) is 12.4 Å². The molecule has 2 aromatic heterocycles. The van der Waals surface area contributed by atoms with Crippen molar-refractivity contribution in [1.82, 2.24) is 14.6 Å². The summed E-state index contributed by atoms with van der Waals surface area (Å²) < 4.78 is 9.43. The summed E-state index contributed by atoms with van der Waals surface area (Å²) in [6.45, 7) is 0.476. The maximum atomic E-state index is 12.0. The summed E-state index contributed by atoms with van der Waals surface area (Å²) in [6, 6.07) is 7.56. The lowest BCUT2D eigenvalue weighted by Gasteiger charge is -2.21. The third kappa shape index (κ3) is 2.21. The number of benzene rings is 1. The molecule has 7 heteroatoms. The van der Waals surface area contributed by atoms with Crippen LogP contribution in [-0.4, -0.2) is 20.5 Å². The van der Waals surface area contributed by atoms with Crippen molar-refractivity contribution in [2.45, 2.75) is 6.61 Å². The molecule has 0 spiro atoms. The van der Waals surface area contributed by atoms with E-state index in [1.165, 1.54) is 0 Å². The highest BCUT2D eigenvalue weighted by Gasteiger charge is 2.18. The molecule has 1 aromatic carbocycles. The lowest BCUT2D eigenvalue weighted by atomic mass is 9.98. The molecule has 0 atom stereocenters. The number of carbonyl (C=O) groups is 1. The Labute approximate surface area is 130 Å². The Morgan fingerprint density at radius 2 is 2.23 bits per heavy atom. The Bertz CT molecular complexity index is 849. The van der Waals surface area contributed by atoms with E-state index < -0.39 is 0 Å². The number of pyridine rings is 1. The normalized spacial score (nSPS) is 12.0. The van der Waals surface area contributed by atoms with Crippen LogP contribution in [0, 0.1) is 0 Å². The quantitative estimate of drug-likeness (QED) is 0.787. The Morgan fingerprint density at radius 3 is 3.09 bits per heavy atom. The molecule has 0 aliphatic carbocycles. The fourth-order valence-electron chi connectivity index (χ4n) is 2.36. The summed E-state index contributed by atoms with van der Waals surface area (Å²) in [5.41, 5.74) is 4.13. The molecule has 1 aliphatic rings. The van der Waals surface area contributed by atoms with Crippen molar-refractivity contribution >= 4 is 23.1 Å². The number of fused-ring (bicyclic) bond motifs is 3. The number of amides is 1. The third-order valence-electron chi connectivity index (χ3n) is 3.41. The molecule has 22 heavy (non-hydrogen) atoms. The molecule has 1 amide bonds. The summed E-state index contributed by atoms with van der Waals surface area (Å²) in [7, 11) is 0. The number of hydrogen-bond acceptors (Lipinski definition) is 6. The van der Waals surface area contributed by atoms with E-state index in [2.05, 4.69) is 19.9 Å². The Kier molecular flexibility index (Phi) is 3.05. The molecule has 0 radical (unpaired) electrons. The van der Waals surface area contributed by atoms with Gasteiger partial charge in [0.25, 0.3) is 5.91 Å². The average molecular weight is 310 g/mol. The van der Waals surface area contributed by atoms with E-state index in [1.807, 2.05) is 30.5 Å². The number of rotatable bonds is 2. The number of ether oxygens (including phenoxy) is 1. The first-order chi connectivity index (χ1) is 10.8. The molecule has 6 nitrogen and oxygen atoms in total. The minimum absolute atomic E-state index is 0.283. The highest BCUT2D eigenvalue weighted by Crippen LogP contribution is 2.38. The molecular weight excluding hydrogens is 300 g/mol. The van der Waals surface area contributed by atoms with Crippen molar-refractivity contribution in [3.8, 4) is 16.9 Å². The second kappa shape index (κ2) is 5.19.